The molecule has 0 spiro atoms. The molecule has 1 heterocycles. The van der Waals surface area contributed by atoms with Gasteiger partial charge in [-0.2, -0.15) is 4.31 Å². The minimum absolute atomic E-state index is 0.0247. The second-order valence-electron chi connectivity index (χ2n) is 5.52. The third kappa shape index (κ3) is 3.95. The molecule has 2 rings (SSSR count). The Hall–Kier alpha value is -2.32. The van der Waals surface area contributed by atoms with Crippen molar-refractivity contribution in [2.75, 3.05) is 20.2 Å². The predicted octanol–water partition coefficient (Wildman–Crippen LogP) is 1.13. The summed E-state index contributed by atoms with van der Waals surface area (Å²) in [7, 11) is -0.678. The molecule has 0 fully saturated rings. The summed E-state index contributed by atoms with van der Waals surface area (Å²) in [5.74, 6) is 0.00595. The van der Waals surface area contributed by atoms with Crippen LogP contribution in [0.5, 0.6) is 5.75 Å². The van der Waals surface area contributed by atoms with Crippen molar-refractivity contribution in [1.29, 1.82) is 0 Å². The zero-order valence-electron chi connectivity index (χ0n) is 13.9. The molecule has 0 unspecified atom stereocenters. The standard InChI is InChI=1S/C16H21N3O4S/c1-12-4-6-13(7-5-12)23-9-8-19(3)24(21,22)14-10-15(16(17)20)18(2)11-14/h4-7,10-11H,8-9H2,1-3H3,(H2,17,20). The molecule has 0 aliphatic carbocycles. The molecule has 0 radical (unpaired) electrons. The van der Waals surface area contributed by atoms with Crippen molar-refractivity contribution in [3.8, 4) is 5.75 Å². The number of nitrogens with zero attached hydrogens (tertiary/aromatic N) is 2. The Morgan fingerprint density at radius 2 is 1.92 bits per heavy atom. The second kappa shape index (κ2) is 7.06. The van der Waals surface area contributed by atoms with Crippen molar-refractivity contribution < 1.29 is 17.9 Å². The van der Waals surface area contributed by atoms with Gasteiger partial charge in [-0.15, -0.1) is 0 Å². The molecular weight excluding hydrogens is 330 g/mol. The number of rotatable bonds is 7. The molecule has 24 heavy (non-hydrogen) atoms. The zero-order chi connectivity index (χ0) is 17.9. The first-order chi connectivity index (χ1) is 11.2. The molecule has 130 valence electrons. The number of primary amides is 1. The summed E-state index contributed by atoms with van der Waals surface area (Å²) >= 11 is 0. The number of likely N-dealkylation sites (N-methyl/N-ethyl adjacent to an activating group) is 1. The minimum atomic E-state index is -3.71. The SMILES string of the molecule is Cc1ccc(OCCN(C)S(=O)(=O)c2cc(C(N)=O)n(C)c2)cc1. The Balaban J connectivity index is 2.02. The maximum atomic E-state index is 12.5. The summed E-state index contributed by atoms with van der Waals surface area (Å²) in [5, 5.41) is 0. The highest BCUT2D eigenvalue weighted by atomic mass is 32.2. The molecule has 2 aromatic rings. The number of aromatic nitrogens is 1. The third-order valence-corrected chi connectivity index (χ3v) is 5.46. The van der Waals surface area contributed by atoms with E-state index < -0.39 is 15.9 Å². The van der Waals surface area contributed by atoms with Gasteiger partial charge < -0.3 is 15.0 Å². The van der Waals surface area contributed by atoms with Crippen LogP contribution >= 0.6 is 0 Å². The van der Waals surface area contributed by atoms with Crippen LogP contribution in [0.3, 0.4) is 0 Å². The number of amides is 1. The summed E-state index contributed by atoms with van der Waals surface area (Å²) in [4.78, 5) is 11.3. The lowest BCUT2D eigenvalue weighted by Gasteiger charge is -2.16. The van der Waals surface area contributed by atoms with E-state index in [1.165, 1.54) is 28.2 Å². The summed E-state index contributed by atoms with van der Waals surface area (Å²) < 4.78 is 33.1. The van der Waals surface area contributed by atoms with Gasteiger partial charge in [0.05, 0.1) is 0 Å². The van der Waals surface area contributed by atoms with Gasteiger partial charge in [0.15, 0.2) is 0 Å². The lowest BCUT2D eigenvalue weighted by molar-refractivity contribution is 0.0992. The van der Waals surface area contributed by atoms with E-state index in [0.717, 1.165) is 5.56 Å². The van der Waals surface area contributed by atoms with Crippen molar-refractivity contribution >= 4 is 15.9 Å². The lowest BCUT2D eigenvalue weighted by Crippen LogP contribution is -2.30. The van der Waals surface area contributed by atoms with Crippen LogP contribution in [0, 0.1) is 6.92 Å². The average Bonchev–Trinajstić information content (AvgIpc) is 2.92. The first-order valence-electron chi connectivity index (χ1n) is 7.34. The van der Waals surface area contributed by atoms with E-state index in [2.05, 4.69) is 0 Å². The van der Waals surface area contributed by atoms with Gasteiger partial charge in [0.1, 0.15) is 22.9 Å². The van der Waals surface area contributed by atoms with Crippen LogP contribution in [0.4, 0.5) is 0 Å². The normalized spacial score (nSPS) is 11.7. The van der Waals surface area contributed by atoms with E-state index in [9.17, 15) is 13.2 Å². The molecule has 0 bridgehead atoms. The van der Waals surface area contributed by atoms with Gasteiger partial charge in [-0.05, 0) is 25.1 Å². The summed E-state index contributed by atoms with van der Waals surface area (Å²) in [6.45, 7) is 2.37. The van der Waals surface area contributed by atoms with Crippen LogP contribution in [0.1, 0.15) is 16.1 Å². The van der Waals surface area contributed by atoms with E-state index in [1.807, 2.05) is 31.2 Å². The minimum Gasteiger partial charge on any atom is -0.492 e. The Morgan fingerprint density at radius 3 is 2.46 bits per heavy atom. The number of nitrogens with two attached hydrogens (primary N) is 1. The Morgan fingerprint density at radius 1 is 1.29 bits per heavy atom. The summed E-state index contributed by atoms with van der Waals surface area (Å²) in [6, 6.07) is 8.78. The fourth-order valence-corrected chi connectivity index (χ4v) is 3.37. The van der Waals surface area contributed by atoms with Crippen molar-refractivity contribution in [1.82, 2.24) is 8.87 Å². The first kappa shape index (κ1) is 18.0. The van der Waals surface area contributed by atoms with E-state index in [0.29, 0.717) is 5.75 Å². The van der Waals surface area contributed by atoms with Crippen molar-refractivity contribution in [3.63, 3.8) is 0 Å². The van der Waals surface area contributed by atoms with E-state index in [4.69, 9.17) is 10.5 Å². The molecule has 0 saturated carbocycles. The maximum absolute atomic E-state index is 12.5. The number of hydrogen-bond donors (Lipinski definition) is 1. The fraction of sp³-hybridized carbons (Fsp3) is 0.312. The highest BCUT2D eigenvalue weighted by Gasteiger charge is 2.24. The highest BCUT2D eigenvalue weighted by molar-refractivity contribution is 7.89. The van der Waals surface area contributed by atoms with Crippen molar-refractivity contribution in [3.05, 3.63) is 47.8 Å². The lowest BCUT2D eigenvalue weighted by atomic mass is 10.2. The maximum Gasteiger partial charge on any atom is 0.265 e. The van der Waals surface area contributed by atoms with E-state index in [1.54, 1.807) is 7.05 Å². The fourth-order valence-electron chi connectivity index (χ4n) is 2.15. The monoisotopic (exact) mass is 351 g/mol. The third-order valence-electron chi connectivity index (χ3n) is 3.64. The van der Waals surface area contributed by atoms with E-state index >= 15 is 0 Å². The van der Waals surface area contributed by atoms with Gasteiger partial charge in [-0.3, -0.25) is 4.79 Å². The van der Waals surface area contributed by atoms with Gasteiger partial charge in [-0.1, -0.05) is 17.7 Å². The first-order valence-corrected chi connectivity index (χ1v) is 8.78. The molecule has 0 aliphatic rings. The molecular formula is C16H21N3O4S. The molecule has 1 aromatic carbocycles. The number of benzene rings is 1. The Kier molecular flexibility index (Phi) is 5.30. The Labute approximate surface area is 141 Å². The predicted molar refractivity (Wildman–Crippen MR) is 90.4 cm³/mol. The smallest absolute Gasteiger partial charge is 0.265 e. The highest BCUT2D eigenvalue weighted by Crippen LogP contribution is 2.17. The number of sulfonamides is 1. The van der Waals surface area contributed by atoms with Crippen LogP contribution in [-0.4, -0.2) is 43.4 Å². The number of hydrogen-bond acceptors (Lipinski definition) is 4. The van der Waals surface area contributed by atoms with Gasteiger partial charge in [0.25, 0.3) is 5.91 Å². The molecule has 7 nitrogen and oxygen atoms in total. The van der Waals surface area contributed by atoms with Crippen LogP contribution in [0.2, 0.25) is 0 Å². The molecule has 0 saturated heterocycles. The molecule has 0 aliphatic heterocycles. The van der Waals surface area contributed by atoms with Gasteiger partial charge in [-0.25, -0.2) is 8.42 Å². The number of ether oxygens (including phenoxy) is 1. The van der Waals surface area contributed by atoms with Crippen molar-refractivity contribution in [2.45, 2.75) is 11.8 Å². The molecule has 1 aromatic heterocycles. The van der Waals surface area contributed by atoms with Gasteiger partial charge in [0, 0.05) is 26.8 Å². The summed E-state index contributed by atoms with van der Waals surface area (Å²) in [6.07, 6.45) is 1.37. The van der Waals surface area contributed by atoms with Crippen molar-refractivity contribution in [2.24, 2.45) is 12.8 Å². The second-order valence-corrected chi connectivity index (χ2v) is 7.57. The summed E-state index contributed by atoms with van der Waals surface area (Å²) in [5.41, 5.74) is 6.47. The van der Waals surface area contributed by atoms with Gasteiger partial charge in [0.2, 0.25) is 10.0 Å². The number of carbonyl (C=O) groups excluding carboxylic acids is 1. The molecule has 0 atom stereocenters. The largest absolute Gasteiger partial charge is 0.492 e. The number of aryl methyl sites for hydroxylation is 2. The topological polar surface area (TPSA) is 94.6 Å². The zero-order valence-corrected chi connectivity index (χ0v) is 14.7. The van der Waals surface area contributed by atoms with E-state index in [-0.39, 0.29) is 23.7 Å². The van der Waals surface area contributed by atoms with Crippen LogP contribution in [0.25, 0.3) is 0 Å². The quantitative estimate of drug-likeness (QED) is 0.809. The molecule has 2 N–H and O–H groups in total. The van der Waals surface area contributed by atoms with Crippen LogP contribution < -0.4 is 10.5 Å². The molecule has 1 amide bonds. The van der Waals surface area contributed by atoms with Crippen LogP contribution in [-0.2, 0) is 17.1 Å². The van der Waals surface area contributed by atoms with Gasteiger partial charge >= 0.3 is 0 Å². The number of carbonyl (C=O) groups is 1. The average molecular weight is 351 g/mol. The van der Waals surface area contributed by atoms with Crippen LogP contribution in [0.15, 0.2) is 41.4 Å². The molecule has 8 heteroatoms. The Bertz CT molecular complexity index is 826.